The summed E-state index contributed by atoms with van der Waals surface area (Å²) in [5.74, 6) is 1.34. The number of ether oxygens (including phenoxy) is 1. The SMILES string of the molecule is CCCC(O)(CCC)CN=C(NCC)NCC(C)CN1CCOCC1.I. The molecular formula is C19H41IN4O2. The zero-order chi connectivity index (χ0) is 18.5. The smallest absolute Gasteiger partial charge is 0.191 e. The monoisotopic (exact) mass is 484 g/mol. The third-order valence-electron chi connectivity index (χ3n) is 4.60. The molecule has 1 atom stereocenters. The molecule has 0 spiro atoms. The van der Waals surface area contributed by atoms with E-state index in [0.717, 1.165) is 77.6 Å². The van der Waals surface area contributed by atoms with E-state index in [1.807, 2.05) is 0 Å². The third-order valence-corrected chi connectivity index (χ3v) is 4.60. The second-order valence-corrected chi connectivity index (χ2v) is 7.32. The van der Waals surface area contributed by atoms with Crippen LogP contribution in [-0.4, -0.2) is 74.0 Å². The number of nitrogens with one attached hydrogen (secondary N) is 2. The largest absolute Gasteiger partial charge is 0.388 e. The number of guanidine groups is 1. The van der Waals surface area contributed by atoms with Crippen molar-refractivity contribution in [1.82, 2.24) is 15.5 Å². The van der Waals surface area contributed by atoms with Gasteiger partial charge in [-0.2, -0.15) is 0 Å². The maximum absolute atomic E-state index is 10.7. The molecule has 1 fully saturated rings. The molecule has 0 amide bonds. The highest BCUT2D eigenvalue weighted by molar-refractivity contribution is 14.0. The van der Waals surface area contributed by atoms with Crippen LogP contribution in [0.15, 0.2) is 4.99 Å². The Balaban J connectivity index is 0.00000625. The van der Waals surface area contributed by atoms with Crippen molar-refractivity contribution >= 4 is 29.9 Å². The Morgan fingerprint density at radius 3 is 2.31 bits per heavy atom. The van der Waals surface area contributed by atoms with Gasteiger partial charge in [0, 0.05) is 32.7 Å². The maximum atomic E-state index is 10.7. The van der Waals surface area contributed by atoms with Gasteiger partial charge < -0.3 is 20.5 Å². The van der Waals surface area contributed by atoms with Crippen LogP contribution in [0.4, 0.5) is 0 Å². The number of halogens is 1. The van der Waals surface area contributed by atoms with Crippen LogP contribution in [0.25, 0.3) is 0 Å². The van der Waals surface area contributed by atoms with Gasteiger partial charge in [0.25, 0.3) is 0 Å². The molecule has 0 aromatic rings. The van der Waals surface area contributed by atoms with Crippen molar-refractivity contribution in [2.24, 2.45) is 10.9 Å². The summed E-state index contributed by atoms with van der Waals surface area (Å²) in [5, 5.41) is 17.5. The Hall–Kier alpha value is -0.120. The van der Waals surface area contributed by atoms with Gasteiger partial charge in [0.05, 0.1) is 25.4 Å². The quantitative estimate of drug-likeness (QED) is 0.239. The minimum atomic E-state index is -0.675. The highest BCUT2D eigenvalue weighted by Gasteiger charge is 2.24. The molecule has 1 aliphatic heterocycles. The molecule has 0 bridgehead atoms. The lowest BCUT2D eigenvalue weighted by molar-refractivity contribution is 0.0305. The first-order valence-electron chi connectivity index (χ1n) is 10.1. The number of rotatable bonds is 11. The molecule has 0 aromatic carbocycles. The molecule has 26 heavy (non-hydrogen) atoms. The molecule has 7 heteroatoms. The number of aliphatic hydroxyl groups is 1. The highest BCUT2D eigenvalue weighted by atomic mass is 127. The number of aliphatic imine (C=N–C) groups is 1. The van der Waals surface area contributed by atoms with Crippen molar-refractivity contribution in [3.05, 3.63) is 0 Å². The minimum Gasteiger partial charge on any atom is -0.388 e. The highest BCUT2D eigenvalue weighted by Crippen LogP contribution is 2.19. The second-order valence-electron chi connectivity index (χ2n) is 7.32. The zero-order valence-electron chi connectivity index (χ0n) is 17.2. The topological polar surface area (TPSA) is 69.1 Å². The number of morpholine rings is 1. The minimum absolute atomic E-state index is 0. The first kappa shape index (κ1) is 25.9. The Morgan fingerprint density at radius 1 is 1.15 bits per heavy atom. The number of hydrogen-bond acceptors (Lipinski definition) is 4. The van der Waals surface area contributed by atoms with Crippen LogP contribution in [0.2, 0.25) is 0 Å². The van der Waals surface area contributed by atoms with Crippen LogP contribution in [0.3, 0.4) is 0 Å². The van der Waals surface area contributed by atoms with Gasteiger partial charge in [-0.15, -0.1) is 24.0 Å². The first-order chi connectivity index (χ1) is 12.0. The molecule has 1 saturated heterocycles. The van der Waals surface area contributed by atoms with Crippen molar-refractivity contribution < 1.29 is 9.84 Å². The van der Waals surface area contributed by atoms with Crippen LogP contribution in [-0.2, 0) is 4.74 Å². The molecule has 1 heterocycles. The average molecular weight is 484 g/mol. The molecule has 0 saturated carbocycles. The Kier molecular flexibility index (Phi) is 14.8. The summed E-state index contributed by atoms with van der Waals surface area (Å²) in [6, 6.07) is 0. The van der Waals surface area contributed by atoms with E-state index in [4.69, 9.17) is 4.74 Å². The predicted octanol–water partition coefficient (Wildman–Crippen LogP) is 2.46. The number of hydrogen-bond donors (Lipinski definition) is 3. The predicted molar refractivity (Wildman–Crippen MR) is 121 cm³/mol. The van der Waals surface area contributed by atoms with Crippen molar-refractivity contribution in [3.63, 3.8) is 0 Å². The fourth-order valence-corrected chi connectivity index (χ4v) is 3.34. The van der Waals surface area contributed by atoms with Crippen molar-refractivity contribution in [3.8, 4) is 0 Å². The molecule has 1 aliphatic rings. The van der Waals surface area contributed by atoms with Gasteiger partial charge in [-0.05, 0) is 25.7 Å². The summed E-state index contributed by atoms with van der Waals surface area (Å²) in [6.07, 6.45) is 3.56. The van der Waals surface area contributed by atoms with Gasteiger partial charge in [-0.3, -0.25) is 9.89 Å². The second kappa shape index (κ2) is 14.9. The Labute approximate surface area is 177 Å². The lowest BCUT2D eigenvalue weighted by Crippen LogP contribution is -2.44. The normalized spacial score (nSPS) is 17.5. The third kappa shape index (κ3) is 10.9. The Bertz CT molecular complexity index is 371. The van der Waals surface area contributed by atoms with E-state index in [0.29, 0.717) is 12.5 Å². The fraction of sp³-hybridized carbons (Fsp3) is 0.947. The lowest BCUT2D eigenvalue weighted by Gasteiger charge is -2.29. The summed E-state index contributed by atoms with van der Waals surface area (Å²) < 4.78 is 5.40. The van der Waals surface area contributed by atoms with Crippen molar-refractivity contribution in [2.75, 3.05) is 52.5 Å². The molecule has 1 rings (SSSR count). The van der Waals surface area contributed by atoms with Gasteiger partial charge >= 0.3 is 0 Å². The van der Waals surface area contributed by atoms with E-state index in [1.54, 1.807) is 0 Å². The van der Waals surface area contributed by atoms with Crippen molar-refractivity contribution in [2.45, 2.75) is 59.0 Å². The molecule has 0 aliphatic carbocycles. The fourth-order valence-electron chi connectivity index (χ4n) is 3.34. The van der Waals surface area contributed by atoms with E-state index in [2.05, 4.69) is 48.2 Å². The van der Waals surface area contributed by atoms with Crippen molar-refractivity contribution in [1.29, 1.82) is 0 Å². The molecule has 3 N–H and O–H groups in total. The first-order valence-corrected chi connectivity index (χ1v) is 10.1. The summed E-state index contributed by atoms with van der Waals surface area (Å²) in [7, 11) is 0. The summed E-state index contributed by atoms with van der Waals surface area (Å²) >= 11 is 0. The van der Waals surface area contributed by atoms with Crippen LogP contribution in [0.5, 0.6) is 0 Å². The van der Waals surface area contributed by atoms with Crippen LogP contribution in [0, 0.1) is 5.92 Å². The van der Waals surface area contributed by atoms with Gasteiger partial charge in [-0.1, -0.05) is 33.6 Å². The molecule has 156 valence electrons. The average Bonchev–Trinajstić information content (AvgIpc) is 2.59. The van der Waals surface area contributed by atoms with Crippen LogP contribution in [0.1, 0.15) is 53.4 Å². The van der Waals surface area contributed by atoms with Gasteiger partial charge in [-0.25, -0.2) is 0 Å². The van der Waals surface area contributed by atoms with E-state index in [1.165, 1.54) is 0 Å². The lowest BCUT2D eigenvalue weighted by atomic mass is 9.93. The standard InChI is InChI=1S/C19H40N4O2.HI/c1-5-8-19(24,9-6-2)16-22-18(20-7-3)21-14-17(4)15-23-10-12-25-13-11-23;/h17,24H,5-16H2,1-4H3,(H2,20,21,22);1H. The summed E-state index contributed by atoms with van der Waals surface area (Å²) in [6.45, 7) is 15.5. The summed E-state index contributed by atoms with van der Waals surface area (Å²) in [5.41, 5.74) is -0.675. The molecule has 6 nitrogen and oxygen atoms in total. The summed E-state index contributed by atoms with van der Waals surface area (Å²) in [4.78, 5) is 7.11. The van der Waals surface area contributed by atoms with Gasteiger partial charge in [0.2, 0.25) is 0 Å². The van der Waals surface area contributed by atoms with Gasteiger partial charge in [0.15, 0.2) is 5.96 Å². The molecule has 0 aromatic heterocycles. The Morgan fingerprint density at radius 2 is 1.77 bits per heavy atom. The van der Waals surface area contributed by atoms with E-state index in [-0.39, 0.29) is 24.0 Å². The van der Waals surface area contributed by atoms with E-state index in [9.17, 15) is 5.11 Å². The van der Waals surface area contributed by atoms with E-state index >= 15 is 0 Å². The number of nitrogens with zero attached hydrogens (tertiary/aromatic N) is 2. The van der Waals surface area contributed by atoms with Gasteiger partial charge in [0.1, 0.15) is 0 Å². The zero-order valence-corrected chi connectivity index (χ0v) is 19.6. The maximum Gasteiger partial charge on any atom is 0.191 e. The van der Waals surface area contributed by atoms with Crippen LogP contribution < -0.4 is 10.6 Å². The van der Waals surface area contributed by atoms with E-state index < -0.39 is 5.60 Å². The molecule has 0 radical (unpaired) electrons. The molecule has 1 unspecified atom stereocenters. The molecular weight excluding hydrogens is 443 g/mol. The van der Waals surface area contributed by atoms with Crippen LogP contribution >= 0.6 is 24.0 Å².